The van der Waals surface area contributed by atoms with Gasteiger partial charge in [-0.05, 0) is 30.7 Å². The fourth-order valence-corrected chi connectivity index (χ4v) is 2.68. The van der Waals surface area contributed by atoms with Crippen molar-refractivity contribution in [3.63, 3.8) is 0 Å². The first-order chi connectivity index (χ1) is 13.9. The highest BCUT2D eigenvalue weighted by Crippen LogP contribution is 2.20. The first kappa shape index (κ1) is 19.6. The molecule has 0 aliphatic heterocycles. The second-order valence-electron chi connectivity index (χ2n) is 6.14. The van der Waals surface area contributed by atoms with Gasteiger partial charge in [-0.3, -0.25) is 19.4 Å². The van der Waals surface area contributed by atoms with Crippen LogP contribution in [0.2, 0.25) is 0 Å². The molecule has 7 N–H and O–H groups in total. The number of aromatic amines is 1. The van der Waals surface area contributed by atoms with E-state index in [9.17, 15) is 14.4 Å². The van der Waals surface area contributed by atoms with Crippen molar-refractivity contribution in [3.8, 4) is 5.69 Å². The summed E-state index contributed by atoms with van der Waals surface area (Å²) in [6, 6.07) is 8.14. The Morgan fingerprint density at radius 1 is 1.28 bits per heavy atom. The van der Waals surface area contributed by atoms with Gasteiger partial charge < -0.3 is 22.1 Å². The number of anilines is 3. The van der Waals surface area contributed by atoms with E-state index in [-0.39, 0.29) is 17.3 Å². The van der Waals surface area contributed by atoms with Gasteiger partial charge in [-0.1, -0.05) is 13.0 Å². The largest absolute Gasteiger partial charge is 0.368 e. The smallest absolute Gasteiger partial charge is 0.267 e. The van der Waals surface area contributed by atoms with E-state index in [2.05, 4.69) is 25.7 Å². The van der Waals surface area contributed by atoms with Crippen LogP contribution in [-0.4, -0.2) is 37.6 Å². The average molecular weight is 396 g/mol. The van der Waals surface area contributed by atoms with E-state index in [0.29, 0.717) is 12.1 Å². The lowest BCUT2D eigenvalue weighted by Crippen LogP contribution is -2.36. The zero-order chi connectivity index (χ0) is 21.0. The number of nitrogens with two attached hydrogens (primary N) is 2. The fourth-order valence-electron chi connectivity index (χ4n) is 2.68. The molecule has 0 saturated carbocycles. The third-order valence-electron chi connectivity index (χ3n) is 4.11. The van der Waals surface area contributed by atoms with Gasteiger partial charge in [0.2, 0.25) is 11.9 Å². The van der Waals surface area contributed by atoms with Crippen molar-refractivity contribution in [2.24, 2.45) is 11.5 Å². The van der Waals surface area contributed by atoms with Gasteiger partial charge in [0.25, 0.3) is 11.5 Å². The second-order valence-corrected chi connectivity index (χ2v) is 6.14. The summed E-state index contributed by atoms with van der Waals surface area (Å²) in [6.45, 7) is 1.75. The van der Waals surface area contributed by atoms with Gasteiger partial charge in [-0.25, -0.2) is 4.68 Å². The van der Waals surface area contributed by atoms with Crippen molar-refractivity contribution in [3.05, 3.63) is 58.6 Å². The minimum absolute atomic E-state index is 0.0172. The Bertz CT molecular complexity index is 1090. The number of aromatic nitrogens is 4. The van der Waals surface area contributed by atoms with Crippen LogP contribution < -0.4 is 27.7 Å². The number of nitrogens with one attached hydrogen (secondary N) is 3. The number of carbonyl (C=O) groups excluding carboxylic acids is 2. The Hall–Kier alpha value is -4.15. The molecule has 1 unspecified atom stereocenters. The van der Waals surface area contributed by atoms with Crippen LogP contribution in [0.1, 0.15) is 23.7 Å². The van der Waals surface area contributed by atoms with Crippen molar-refractivity contribution in [2.75, 3.05) is 10.6 Å². The van der Waals surface area contributed by atoms with E-state index in [1.54, 1.807) is 48.3 Å². The molecule has 29 heavy (non-hydrogen) atoms. The van der Waals surface area contributed by atoms with Gasteiger partial charge in [0.05, 0.1) is 5.69 Å². The number of rotatable bonds is 8. The van der Waals surface area contributed by atoms with Crippen LogP contribution in [0.3, 0.4) is 0 Å². The molecule has 0 radical (unpaired) electrons. The van der Waals surface area contributed by atoms with E-state index in [4.69, 9.17) is 11.5 Å². The van der Waals surface area contributed by atoms with Gasteiger partial charge in [0, 0.05) is 18.1 Å². The number of hydrogen-bond acceptors (Lipinski definition) is 7. The second kappa shape index (κ2) is 8.25. The molecule has 3 aromatic rings. The molecule has 0 fully saturated rings. The topological polar surface area (TPSA) is 174 Å². The monoisotopic (exact) mass is 396 g/mol. The van der Waals surface area contributed by atoms with Crippen LogP contribution in [0, 0.1) is 0 Å². The molecule has 0 bridgehead atoms. The SMILES string of the molecule is CCC(Nc1nc(Nc2cccc(-n3cccn3)c2)c(C(N)=O)c(=O)[nH]1)C(N)=O. The maximum absolute atomic E-state index is 12.4. The lowest BCUT2D eigenvalue weighted by atomic mass is 10.2. The zero-order valence-electron chi connectivity index (χ0n) is 15.5. The average Bonchev–Trinajstić information content (AvgIpc) is 3.20. The van der Waals surface area contributed by atoms with Crippen LogP contribution in [0.4, 0.5) is 17.5 Å². The third-order valence-corrected chi connectivity index (χ3v) is 4.11. The molecule has 2 amide bonds. The van der Waals surface area contributed by atoms with Gasteiger partial charge in [-0.15, -0.1) is 0 Å². The van der Waals surface area contributed by atoms with Crippen molar-refractivity contribution in [1.82, 2.24) is 19.7 Å². The number of H-pyrrole nitrogens is 1. The quantitative estimate of drug-likeness (QED) is 0.368. The van der Waals surface area contributed by atoms with E-state index in [1.165, 1.54) is 0 Å². The number of hydrogen-bond donors (Lipinski definition) is 5. The summed E-state index contributed by atoms with van der Waals surface area (Å²) in [5, 5.41) is 9.83. The summed E-state index contributed by atoms with van der Waals surface area (Å²) < 4.78 is 1.65. The minimum Gasteiger partial charge on any atom is -0.368 e. The molecule has 1 aromatic carbocycles. The first-order valence-corrected chi connectivity index (χ1v) is 8.76. The maximum Gasteiger partial charge on any atom is 0.267 e. The van der Waals surface area contributed by atoms with E-state index < -0.39 is 23.4 Å². The van der Waals surface area contributed by atoms with Crippen LogP contribution in [0.25, 0.3) is 5.69 Å². The molecule has 1 atom stereocenters. The summed E-state index contributed by atoms with van der Waals surface area (Å²) >= 11 is 0. The molecule has 0 aliphatic carbocycles. The first-order valence-electron chi connectivity index (χ1n) is 8.76. The zero-order valence-corrected chi connectivity index (χ0v) is 15.5. The normalized spacial score (nSPS) is 11.6. The van der Waals surface area contributed by atoms with Gasteiger partial charge in [0.1, 0.15) is 11.6 Å². The van der Waals surface area contributed by atoms with Gasteiger partial charge in [0.15, 0.2) is 5.82 Å². The molecule has 3 rings (SSSR count). The van der Waals surface area contributed by atoms with E-state index in [0.717, 1.165) is 5.69 Å². The highest BCUT2D eigenvalue weighted by molar-refractivity contribution is 5.98. The van der Waals surface area contributed by atoms with Gasteiger partial charge in [-0.2, -0.15) is 10.1 Å². The lowest BCUT2D eigenvalue weighted by Gasteiger charge is -2.16. The molecule has 2 aromatic heterocycles. The number of benzene rings is 1. The van der Waals surface area contributed by atoms with Crippen LogP contribution in [0.15, 0.2) is 47.5 Å². The van der Waals surface area contributed by atoms with Crippen molar-refractivity contribution < 1.29 is 9.59 Å². The van der Waals surface area contributed by atoms with E-state index in [1.807, 2.05) is 6.07 Å². The van der Waals surface area contributed by atoms with Crippen molar-refractivity contribution >= 4 is 29.3 Å². The van der Waals surface area contributed by atoms with Crippen molar-refractivity contribution in [1.29, 1.82) is 0 Å². The molecule has 150 valence electrons. The summed E-state index contributed by atoms with van der Waals surface area (Å²) in [5.74, 6) is -1.62. The highest BCUT2D eigenvalue weighted by Gasteiger charge is 2.20. The summed E-state index contributed by atoms with van der Waals surface area (Å²) in [4.78, 5) is 42.2. The number of primary amides is 2. The highest BCUT2D eigenvalue weighted by atomic mass is 16.2. The number of nitrogens with zero attached hydrogens (tertiary/aromatic N) is 3. The van der Waals surface area contributed by atoms with E-state index >= 15 is 0 Å². The number of carbonyl (C=O) groups is 2. The minimum atomic E-state index is -0.946. The molecular weight excluding hydrogens is 376 g/mol. The predicted octanol–water partition coefficient (Wildman–Crippen LogP) is 0.474. The standard InChI is InChI=1S/C18H20N8O3/c1-2-12(14(19)27)23-18-24-16(13(15(20)28)17(29)25-18)22-10-5-3-6-11(9-10)26-8-4-7-21-26/h3-9,12H,2H2,1H3,(H2,19,27)(H2,20,28)(H3,22,23,24,25,29). The molecule has 0 spiro atoms. The fraction of sp³-hybridized carbons (Fsp3) is 0.167. The third kappa shape index (κ3) is 4.40. The lowest BCUT2D eigenvalue weighted by molar-refractivity contribution is -0.118. The molecule has 11 nitrogen and oxygen atoms in total. The molecule has 0 saturated heterocycles. The molecule has 11 heteroatoms. The summed E-state index contributed by atoms with van der Waals surface area (Å²) in [5.41, 5.74) is 10.9. The molecular formula is C18H20N8O3. The van der Waals surface area contributed by atoms with Crippen LogP contribution in [0.5, 0.6) is 0 Å². The Balaban J connectivity index is 1.99. The Labute approximate surface area is 165 Å². The van der Waals surface area contributed by atoms with Crippen molar-refractivity contribution in [2.45, 2.75) is 19.4 Å². The Morgan fingerprint density at radius 3 is 2.69 bits per heavy atom. The van der Waals surface area contributed by atoms with Crippen LogP contribution in [-0.2, 0) is 4.79 Å². The molecule has 2 heterocycles. The summed E-state index contributed by atoms with van der Waals surface area (Å²) in [6.07, 6.45) is 3.80. The number of amides is 2. The predicted molar refractivity (Wildman–Crippen MR) is 107 cm³/mol. The molecule has 0 aliphatic rings. The van der Waals surface area contributed by atoms with Gasteiger partial charge >= 0.3 is 0 Å². The Kier molecular flexibility index (Phi) is 5.58. The summed E-state index contributed by atoms with van der Waals surface area (Å²) in [7, 11) is 0. The maximum atomic E-state index is 12.4. The van der Waals surface area contributed by atoms with Crippen LogP contribution >= 0.6 is 0 Å². The Morgan fingerprint density at radius 2 is 2.07 bits per heavy atom.